The van der Waals surface area contributed by atoms with Gasteiger partial charge in [0.25, 0.3) is 0 Å². The highest BCUT2D eigenvalue weighted by Gasteiger charge is 2.29. The van der Waals surface area contributed by atoms with E-state index in [9.17, 15) is 0 Å². The quantitative estimate of drug-likeness (QED) is 0.745. The molecule has 3 heteroatoms. The van der Waals surface area contributed by atoms with Crippen LogP contribution in [-0.2, 0) is 6.42 Å². The molecule has 2 aliphatic rings. The maximum absolute atomic E-state index is 5.65. The molecule has 3 rings (SSSR count). The van der Waals surface area contributed by atoms with Gasteiger partial charge in [0.1, 0.15) is 0 Å². The van der Waals surface area contributed by atoms with Crippen molar-refractivity contribution in [3.8, 4) is 0 Å². The number of piperidine rings is 1. The van der Waals surface area contributed by atoms with Crippen molar-refractivity contribution in [2.75, 3.05) is 13.1 Å². The van der Waals surface area contributed by atoms with Crippen LogP contribution in [0.3, 0.4) is 0 Å². The molecule has 0 amide bonds. The Morgan fingerprint density at radius 2 is 2.04 bits per heavy atom. The molecule has 3 N–H and O–H groups in total. The molecule has 2 nitrogen and oxygen atoms in total. The van der Waals surface area contributed by atoms with Gasteiger partial charge in [-0.05, 0) is 97.1 Å². The van der Waals surface area contributed by atoms with Crippen LogP contribution in [0.15, 0.2) is 40.5 Å². The van der Waals surface area contributed by atoms with E-state index in [0.717, 1.165) is 36.3 Å². The lowest BCUT2D eigenvalue weighted by Crippen LogP contribution is -2.31. The fraction of sp³-hybridized carbons (Fsp3) is 0.500. The zero-order valence-electron chi connectivity index (χ0n) is 13.9. The number of rotatable bonds is 2. The second-order valence-corrected chi connectivity index (χ2v) is 7.87. The van der Waals surface area contributed by atoms with Gasteiger partial charge in [-0.25, -0.2) is 0 Å². The number of benzene rings is 1. The summed E-state index contributed by atoms with van der Waals surface area (Å²) in [6.45, 7) is 4.52. The number of hydrogen-bond donors (Lipinski definition) is 2. The maximum atomic E-state index is 5.65. The summed E-state index contributed by atoms with van der Waals surface area (Å²) in [6.07, 6.45) is 9.93. The minimum Gasteiger partial charge on any atom is -0.404 e. The number of aryl methyl sites for hydroxylation is 2. The summed E-state index contributed by atoms with van der Waals surface area (Å²) in [7, 11) is 0. The van der Waals surface area contributed by atoms with E-state index in [1.165, 1.54) is 30.4 Å². The first-order chi connectivity index (χ1) is 11.2. The first-order valence-corrected chi connectivity index (χ1v) is 9.53. The Labute approximate surface area is 148 Å². The molecule has 0 aromatic heterocycles. The molecule has 1 heterocycles. The van der Waals surface area contributed by atoms with Gasteiger partial charge in [0, 0.05) is 10.7 Å². The molecule has 1 aliphatic heterocycles. The maximum Gasteiger partial charge on any atom is 0.0329 e. The van der Waals surface area contributed by atoms with E-state index in [2.05, 4.69) is 52.4 Å². The normalized spacial score (nSPS) is 25.2. The SMILES string of the molecule is Cc1ccc2c(c1)CC/C(=C/C(Br)=C\N)CC2C1CCNCC1. The van der Waals surface area contributed by atoms with E-state index < -0.39 is 0 Å². The van der Waals surface area contributed by atoms with Gasteiger partial charge in [-0.3, -0.25) is 0 Å². The molecular weight excluding hydrogens is 348 g/mol. The third-order valence-electron chi connectivity index (χ3n) is 5.35. The number of nitrogens with two attached hydrogens (primary N) is 1. The van der Waals surface area contributed by atoms with Crippen molar-refractivity contribution in [1.82, 2.24) is 5.32 Å². The Balaban J connectivity index is 1.95. The van der Waals surface area contributed by atoms with Crippen LogP contribution in [0.1, 0.15) is 48.3 Å². The molecule has 1 aromatic rings. The first-order valence-electron chi connectivity index (χ1n) is 8.74. The molecular formula is C20H27BrN2. The summed E-state index contributed by atoms with van der Waals surface area (Å²) in [6, 6.07) is 7.09. The lowest BCUT2D eigenvalue weighted by atomic mass is 9.76. The average Bonchev–Trinajstić information content (AvgIpc) is 2.75. The first kappa shape index (κ1) is 16.8. The Hall–Kier alpha value is -1.06. The zero-order valence-corrected chi connectivity index (χ0v) is 15.5. The predicted molar refractivity (Wildman–Crippen MR) is 102 cm³/mol. The van der Waals surface area contributed by atoms with E-state index in [4.69, 9.17) is 5.73 Å². The van der Waals surface area contributed by atoms with Crippen molar-refractivity contribution in [1.29, 1.82) is 0 Å². The lowest BCUT2D eigenvalue weighted by Gasteiger charge is -2.32. The van der Waals surface area contributed by atoms with Gasteiger partial charge in [-0.2, -0.15) is 0 Å². The number of fused-ring (bicyclic) bond motifs is 1. The van der Waals surface area contributed by atoms with E-state index in [0.29, 0.717) is 5.92 Å². The second-order valence-electron chi connectivity index (χ2n) is 6.95. The highest BCUT2D eigenvalue weighted by atomic mass is 79.9. The monoisotopic (exact) mass is 374 g/mol. The van der Waals surface area contributed by atoms with Crippen LogP contribution in [0.2, 0.25) is 0 Å². The van der Waals surface area contributed by atoms with Crippen LogP contribution in [0, 0.1) is 12.8 Å². The number of halogens is 1. The third kappa shape index (κ3) is 4.07. The highest BCUT2D eigenvalue weighted by Crippen LogP contribution is 2.41. The van der Waals surface area contributed by atoms with Crippen molar-refractivity contribution in [2.45, 2.75) is 44.9 Å². The minimum atomic E-state index is 0.652. The third-order valence-corrected chi connectivity index (χ3v) is 5.84. The summed E-state index contributed by atoms with van der Waals surface area (Å²) in [5.41, 5.74) is 11.7. The van der Waals surface area contributed by atoms with E-state index >= 15 is 0 Å². The van der Waals surface area contributed by atoms with Crippen LogP contribution in [0.4, 0.5) is 0 Å². The zero-order chi connectivity index (χ0) is 16.2. The molecule has 1 saturated heterocycles. The molecule has 124 valence electrons. The molecule has 23 heavy (non-hydrogen) atoms. The number of hydrogen-bond acceptors (Lipinski definition) is 2. The number of nitrogens with one attached hydrogen (secondary N) is 1. The van der Waals surface area contributed by atoms with E-state index in [1.54, 1.807) is 17.3 Å². The molecule has 0 saturated carbocycles. The highest BCUT2D eigenvalue weighted by molar-refractivity contribution is 9.11. The van der Waals surface area contributed by atoms with Gasteiger partial charge in [0.2, 0.25) is 0 Å². The van der Waals surface area contributed by atoms with Crippen LogP contribution < -0.4 is 11.1 Å². The molecule has 1 aliphatic carbocycles. The summed E-state index contributed by atoms with van der Waals surface area (Å²) in [4.78, 5) is 0. The summed E-state index contributed by atoms with van der Waals surface area (Å²) in [5.74, 6) is 1.44. The molecule has 1 unspecified atom stereocenters. The van der Waals surface area contributed by atoms with Crippen LogP contribution in [0.25, 0.3) is 0 Å². The summed E-state index contributed by atoms with van der Waals surface area (Å²) in [5, 5.41) is 3.51. The Morgan fingerprint density at radius 1 is 1.26 bits per heavy atom. The molecule has 0 radical (unpaired) electrons. The lowest BCUT2D eigenvalue weighted by molar-refractivity contribution is 0.316. The van der Waals surface area contributed by atoms with Crippen molar-refractivity contribution in [3.63, 3.8) is 0 Å². The van der Waals surface area contributed by atoms with E-state index in [-0.39, 0.29) is 0 Å². The van der Waals surface area contributed by atoms with Gasteiger partial charge in [-0.15, -0.1) is 0 Å². The molecule has 1 fully saturated rings. The van der Waals surface area contributed by atoms with E-state index in [1.807, 2.05) is 0 Å². The van der Waals surface area contributed by atoms with Crippen LogP contribution in [-0.4, -0.2) is 13.1 Å². The van der Waals surface area contributed by atoms with Crippen LogP contribution in [0.5, 0.6) is 0 Å². The molecule has 0 bridgehead atoms. The Bertz CT molecular complexity index is 612. The summed E-state index contributed by atoms with van der Waals surface area (Å²) < 4.78 is 0.999. The second kappa shape index (κ2) is 7.67. The van der Waals surface area contributed by atoms with Crippen molar-refractivity contribution >= 4 is 15.9 Å². The fourth-order valence-corrected chi connectivity index (χ4v) is 4.47. The smallest absolute Gasteiger partial charge is 0.0329 e. The topological polar surface area (TPSA) is 38.0 Å². The van der Waals surface area contributed by atoms with Crippen molar-refractivity contribution in [2.24, 2.45) is 11.7 Å². The number of allylic oxidation sites excluding steroid dienone is 3. The Morgan fingerprint density at radius 3 is 2.78 bits per heavy atom. The van der Waals surface area contributed by atoms with Crippen molar-refractivity contribution in [3.05, 3.63) is 57.2 Å². The Kier molecular flexibility index (Phi) is 5.60. The molecule has 0 spiro atoms. The predicted octanol–water partition coefficient (Wildman–Crippen LogP) is 4.54. The molecule has 1 atom stereocenters. The standard InChI is InChI=1S/C20H27BrN2/c1-14-2-5-19-17(10-14)4-3-15(11-18(21)13-22)12-20(19)16-6-8-23-9-7-16/h2,5,10-11,13,16,20,23H,3-4,6-9,12,22H2,1H3/b15-11-,18-13+. The van der Waals surface area contributed by atoms with Gasteiger partial charge in [0.05, 0.1) is 0 Å². The van der Waals surface area contributed by atoms with Gasteiger partial charge < -0.3 is 11.1 Å². The molecule has 1 aromatic carbocycles. The summed E-state index contributed by atoms with van der Waals surface area (Å²) >= 11 is 3.55. The van der Waals surface area contributed by atoms with Crippen LogP contribution >= 0.6 is 15.9 Å². The van der Waals surface area contributed by atoms with Crippen molar-refractivity contribution < 1.29 is 0 Å². The largest absolute Gasteiger partial charge is 0.404 e. The minimum absolute atomic E-state index is 0.652. The fourth-order valence-electron chi connectivity index (χ4n) is 4.14. The van der Waals surface area contributed by atoms with Gasteiger partial charge >= 0.3 is 0 Å². The average molecular weight is 375 g/mol. The van der Waals surface area contributed by atoms with Gasteiger partial charge in [0.15, 0.2) is 0 Å². The van der Waals surface area contributed by atoms with Gasteiger partial charge in [-0.1, -0.05) is 29.3 Å².